The lowest BCUT2D eigenvalue weighted by Crippen LogP contribution is -2.08. The van der Waals surface area contributed by atoms with Crippen molar-refractivity contribution in [2.75, 3.05) is 5.32 Å². The lowest BCUT2D eigenvalue weighted by molar-refractivity contribution is 0.849. The Morgan fingerprint density at radius 1 is 1.14 bits per heavy atom. The van der Waals surface area contributed by atoms with Gasteiger partial charge in [-0.05, 0) is 32.0 Å². The minimum Gasteiger partial charge on any atom is -0.345 e. The van der Waals surface area contributed by atoms with E-state index in [4.69, 9.17) is 16.6 Å². The number of nitrogens with zero attached hydrogens (tertiary/aromatic N) is 3. The average molecular weight is 331 g/mol. The highest BCUT2D eigenvalue weighted by Crippen LogP contribution is 2.31. The lowest BCUT2D eigenvalue weighted by Gasteiger charge is -2.10. The highest BCUT2D eigenvalue weighted by Gasteiger charge is 2.15. The van der Waals surface area contributed by atoms with Crippen molar-refractivity contribution in [2.24, 2.45) is 0 Å². The molecule has 2 aromatic heterocycles. The van der Waals surface area contributed by atoms with Crippen LogP contribution >= 0.6 is 22.9 Å². The number of thiazole rings is 1. The van der Waals surface area contributed by atoms with Gasteiger partial charge in [-0.1, -0.05) is 23.7 Å². The molecule has 4 nitrogen and oxygen atoms in total. The number of hydrogen-bond donors (Lipinski definition) is 1. The van der Waals surface area contributed by atoms with Gasteiger partial charge in [0.15, 0.2) is 0 Å². The van der Waals surface area contributed by atoms with Crippen molar-refractivity contribution in [1.29, 1.82) is 0 Å². The number of halogens is 1. The molecule has 0 saturated heterocycles. The van der Waals surface area contributed by atoms with Crippen molar-refractivity contribution < 1.29 is 0 Å². The van der Waals surface area contributed by atoms with Crippen LogP contribution in [-0.4, -0.2) is 15.0 Å². The summed E-state index contributed by atoms with van der Waals surface area (Å²) in [6, 6.07) is 9.59. The van der Waals surface area contributed by atoms with E-state index in [0.717, 1.165) is 21.3 Å². The van der Waals surface area contributed by atoms with Crippen LogP contribution in [0.1, 0.15) is 22.9 Å². The summed E-state index contributed by atoms with van der Waals surface area (Å²) in [4.78, 5) is 14.3. The molecule has 0 fully saturated rings. The van der Waals surface area contributed by atoms with E-state index in [0.29, 0.717) is 5.95 Å². The largest absolute Gasteiger partial charge is 0.345 e. The Morgan fingerprint density at radius 2 is 1.82 bits per heavy atom. The average Bonchev–Trinajstić information content (AvgIpc) is 2.91. The summed E-state index contributed by atoms with van der Waals surface area (Å²) in [6.07, 6.45) is 3.43. The minimum absolute atomic E-state index is 0.0483. The van der Waals surface area contributed by atoms with Gasteiger partial charge in [-0.2, -0.15) is 0 Å². The third-order valence-electron chi connectivity index (χ3n) is 3.21. The molecule has 0 aliphatic heterocycles. The maximum atomic E-state index is 5.94. The van der Waals surface area contributed by atoms with Gasteiger partial charge in [0.2, 0.25) is 5.95 Å². The van der Waals surface area contributed by atoms with Crippen molar-refractivity contribution in [3.8, 4) is 11.3 Å². The number of aryl methyl sites for hydroxylation is 1. The minimum atomic E-state index is 0.0483. The Kier molecular flexibility index (Phi) is 4.36. The number of benzene rings is 1. The number of rotatable bonds is 4. The zero-order valence-electron chi connectivity index (χ0n) is 12.2. The van der Waals surface area contributed by atoms with Gasteiger partial charge < -0.3 is 5.32 Å². The summed E-state index contributed by atoms with van der Waals surface area (Å²) in [5.74, 6) is 0.607. The number of nitrogens with one attached hydrogen (secondary N) is 1. The third kappa shape index (κ3) is 3.26. The van der Waals surface area contributed by atoms with Gasteiger partial charge in [-0.25, -0.2) is 15.0 Å². The van der Waals surface area contributed by atoms with Crippen LogP contribution in [0, 0.1) is 6.92 Å². The molecule has 1 atom stereocenters. The summed E-state index contributed by atoms with van der Waals surface area (Å²) in [5, 5.41) is 5.00. The molecule has 3 aromatic rings. The zero-order chi connectivity index (χ0) is 15.5. The van der Waals surface area contributed by atoms with Crippen LogP contribution in [0.5, 0.6) is 0 Å². The second kappa shape index (κ2) is 6.42. The van der Waals surface area contributed by atoms with Crippen molar-refractivity contribution in [1.82, 2.24) is 15.0 Å². The van der Waals surface area contributed by atoms with Crippen LogP contribution in [-0.2, 0) is 0 Å². The Labute approximate surface area is 138 Å². The van der Waals surface area contributed by atoms with Gasteiger partial charge in [0.1, 0.15) is 5.01 Å². The van der Waals surface area contributed by atoms with Gasteiger partial charge >= 0.3 is 0 Å². The standard InChI is InChI=1S/C16H15ClN4S/c1-10(20-16-18-8-3-9-19-16)15-21-14(11(2)22-15)12-4-6-13(17)7-5-12/h3-10H,1-2H3,(H,18,19,20). The summed E-state index contributed by atoms with van der Waals surface area (Å²) in [5.41, 5.74) is 2.08. The Bertz CT molecular complexity index is 756. The van der Waals surface area contributed by atoms with Crippen LogP contribution in [0.4, 0.5) is 5.95 Å². The number of hydrogen-bond acceptors (Lipinski definition) is 5. The van der Waals surface area contributed by atoms with E-state index in [-0.39, 0.29) is 6.04 Å². The summed E-state index contributed by atoms with van der Waals surface area (Å²) in [6.45, 7) is 4.14. The molecule has 1 N–H and O–H groups in total. The smallest absolute Gasteiger partial charge is 0.223 e. The van der Waals surface area contributed by atoms with Crippen molar-refractivity contribution in [2.45, 2.75) is 19.9 Å². The van der Waals surface area contributed by atoms with E-state index in [1.807, 2.05) is 24.3 Å². The van der Waals surface area contributed by atoms with E-state index in [9.17, 15) is 0 Å². The predicted octanol–water partition coefficient (Wildman–Crippen LogP) is 4.74. The fourth-order valence-corrected chi connectivity index (χ4v) is 3.18. The van der Waals surface area contributed by atoms with Gasteiger partial charge in [0.25, 0.3) is 0 Å². The Morgan fingerprint density at radius 3 is 2.50 bits per heavy atom. The van der Waals surface area contributed by atoms with E-state index in [1.54, 1.807) is 29.8 Å². The normalized spacial score (nSPS) is 12.1. The first-order valence-electron chi connectivity index (χ1n) is 6.90. The van der Waals surface area contributed by atoms with E-state index >= 15 is 0 Å². The summed E-state index contributed by atoms with van der Waals surface area (Å²) >= 11 is 7.62. The molecule has 0 aliphatic carbocycles. The Hall–Kier alpha value is -1.98. The molecule has 6 heteroatoms. The van der Waals surface area contributed by atoms with E-state index in [2.05, 4.69) is 29.1 Å². The maximum absolute atomic E-state index is 5.94. The molecule has 112 valence electrons. The SMILES string of the molecule is Cc1sc(C(C)Nc2ncccn2)nc1-c1ccc(Cl)cc1. The quantitative estimate of drug-likeness (QED) is 0.751. The van der Waals surface area contributed by atoms with Crippen molar-refractivity contribution in [3.05, 3.63) is 57.6 Å². The van der Waals surface area contributed by atoms with Gasteiger partial charge in [0, 0.05) is 27.9 Å². The topological polar surface area (TPSA) is 50.7 Å². The fourth-order valence-electron chi connectivity index (χ4n) is 2.11. The molecule has 0 spiro atoms. The number of anilines is 1. The first-order chi connectivity index (χ1) is 10.6. The van der Waals surface area contributed by atoms with E-state index in [1.165, 1.54) is 4.88 Å². The first-order valence-corrected chi connectivity index (χ1v) is 8.10. The Balaban J connectivity index is 1.84. The maximum Gasteiger partial charge on any atom is 0.223 e. The molecule has 3 rings (SSSR count). The molecule has 2 heterocycles. The van der Waals surface area contributed by atoms with Gasteiger partial charge in [-0.3, -0.25) is 0 Å². The van der Waals surface area contributed by atoms with Crippen molar-refractivity contribution >= 4 is 28.9 Å². The molecular formula is C16H15ClN4S. The molecule has 0 bridgehead atoms. The summed E-state index contributed by atoms with van der Waals surface area (Å²) < 4.78 is 0. The predicted molar refractivity (Wildman–Crippen MR) is 91.4 cm³/mol. The van der Waals surface area contributed by atoms with Crippen molar-refractivity contribution in [3.63, 3.8) is 0 Å². The monoisotopic (exact) mass is 330 g/mol. The van der Waals surface area contributed by atoms with Gasteiger partial charge in [-0.15, -0.1) is 11.3 Å². The molecule has 1 unspecified atom stereocenters. The van der Waals surface area contributed by atoms with Crippen LogP contribution in [0.25, 0.3) is 11.3 Å². The first kappa shape index (κ1) is 14.9. The van der Waals surface area contributed by atoms with E-state index < -0.39 is 0 Å². The third-order valence-corrected chi connectivity index (χ3v) is 4.62. The molecule has 0 saturated carbocycles. The second-order valence-corrected chi connectivity index (χ2v) is 6.57. The van der Waals surface area contributed by atoms with Crippen LogP contribution in [0.15, 0.2) is 42.7 Å². The molecule has 0 radical (unpaired) electrons. The highest BCUT2D eigenvalue weighted by atomic mass is 35.5. The lowest BCUT2D eigenvalue weighted by atomic mass is 10.1. The fraction of sp³-hybridized carbons (Fsp3) is 0.188. The molecule has 1 aromatic carbocycles. The van der Waals surface area contributed by atoms with Crippen LogP contribution in [0.3, 0.4) is 0 Å². The highest BCUT2D eigenvalue weighted by molar-refractivity contribution is 7.12. The van der Waals surface area contributed by atoms with Crippen LogP contribution in [0.2, 0.25) is 5.02 Å². The molecule has 0 amide bonds. The molecule has 0 aliphatic rings. The zero-order valence-corrected chi connectivity index (χ0v) is 13.8. The molecular weight excluding hydrogens is 316 g/mol. The summed E-state index contributed by atoms with van der Waals surface area (Å²) in [7, 11) is 0. The molecule has 22 heavy (non-hydrogen) atoms. The van der Waals surface area contributed by atoms with Gasteiger partial charge in [0.05, 0.1) is 11.7 Å². The number of aromatic nitrogens is 3. The van der Waals surface area contributed by atoms with Crippen LogP contribution < -0.4 is 5.32 Å². The second-order valence-electron chi connectivity index (χ2n) is 4.90.